The Morgan fingerprint density at radius 1 is 1.04 bits per heavy atom. The Hall–Kier alpha value is -2.82. The predicted molar refractivity (Wildman–Crippen MR) is 98.3 cm³/mol. The lowest BCUT2D eigenvalue weighted by atomic mass is 10.0. The molecule has 5 nitrogen and oxygen atoms in total. The van der Waals surface area contributed by atoms with Crippen molar-refractivity contribution in [1.82, 2.24) is 4.90 Å². The molecule has 1 atom stereocenters. The van der Waals surface area contributed by atoms with Gasteiger partial charge in [-0.1, -0.05) is 24.3 Å². The zero-order valence-electron chi connectivity index (χ0n) is 14.9. The van der Waals surface area contributed by atoms with Gasteiger partial charge < -0.3 is 14.4 Å². The highest BCUT2D eigenvalue weighted by Crippen LogP contribution is 2.22. The summed E-state index contributed by atoms with van der Waals surface area (Å²) in [6, 6.07) is 16.3. The number of nitrogens with zero attached hydrogens (tertiary/aromatic N) is 1. The van der Waals surface area contributed by atoms with Crippen molar-refractivity contribution < 1.29 is 19.1 Å². The van der Waals surface area contributed by atoms with E-state index in [0.717, 1.165) is 25.8 Å². The smallest absolute Gasteiger partial charge is 0.338 e. The Morgan fingerprint density at radius 3 is 2.58 bits per heavy atom. The number of benzene rings is 2. The monoisotopic (exact) mass is 353 g/mol. The normalized spacial score (nSPS) is 16.8. The van der Waals surface area contributed by atoms with Crippen LogP contribution in [-0.2, 0) is 9.53 Å². The number of piperidine rings is 1. The first-order valence-electron chi connectivity index (χ1n) is 8.93. The van der Waals surface area contributed by atoms with E-state index < -0.39 is 5.97 Å². The largest absolute Gasteiger partial charge is 0.457 e. The molecule has 1 amide bonds. The van der Waals surface area contributed by atoms with Crippen LogP contribution in [0.5, 0.6) is 11.5 Å². The van der Waals surface area contributed by atoms with Gasteiger partial charge in [0, 0.05) is 12.6 Å². The van der Waals surface area contributed by atoms with Gasteiger partial charge >= 0.3 is 5.97 Å². The first kappa shape index (κ1) is 18.0. The molecule has 0 radical (unpaired) electrons. The summed E-state index contributed by atoms with van der Waals surface area (Å²) in [5.41, 5.74) is 0.359. The molecule has 3 rings (SSSR count). The van der Waals surface area contributed by atoms with Gasteiger partial charge in [-0.2, -0.15) is 0 Å². The van der Waals surface area contributed by atoms with Gasteiger partial charge in [0.05, 0.1) is 5.56 Å². The van der Waals surface area contributed by atoms with Gasteiger partial charge in [0.1, 0.15) is 11.5 Å². The van der Waals surface area contributed by atoms with E-state index in [-0.39, 0.29) is 18.6 Å². The topological polar surface area (TPSA) is 55.8 Å². The molecule has 0 spiro atoms. The van der Waals surface area contributed by atoms with Gasteiger partial charge in [0.15, 0.2) is 6.61 Å². The van der Waals surface area contributed by atoms with E-state index in [4.69, 9.17) is 9.47 Å². The molecule has 1 heterocycles. The fourth-order valence-corrected chi connectivity index (χ4v) is 3.07. The van der Waals surface area contributed by atoms with E-state index in [9.17, 15) is 9.59 Å². The standard InChI is InChI=1S/C21H23NO4/c1-16-8-5-6-13-22(16)20(23)15-25-21(24)17-9-7-12-19(14-17)26-18-10-3-2-4-11-18/h2-4,7,9-12,14,16H,5-6,8,13,15H2,1H3/t16-/m1/s1. The average molecular weight is 353 g/mol. The van der Waals surface area contributed by atoms with Crippen LogP contribution in [-0.4, -0.2) is 36.0 Å². The Balaban J connectivity index is 1.57. The molecular formula is C21H23NO4. The molecule has 5 heteroatoms. The highest BCUT2D eigenvalue weighted by Gasteiger charge is 2.24. The number of carbonyl (C=O) groups is 2. The van der Waals surface area contributed by atoms with Crippen LogP contribution in [0.1, 0.15) is 36.5 Å². The number of amides is 1. The van der Waals surface area contributed by atoms with Crippen LogP contribution in [0.2, 0.25) is 0 Å². The van der Waals surface area contributed by atoms with Crippen LogP contribution >= 0.6 is 0 Å². The molecule has 0 aliphatic carbocycles. The number of carbonyl (C=O) groups excluding carboxylic acids is 2. The third-order valence-electron chi connectivity index (χ3n) is 4.50. The molecule has 1 fully saturated rings. The number of ether oxygens (including phenoxy) is 2. The van der Waals surface area contributed by atoms with Crippen LogP contribution in [0.15, 0.2) is 54.6 Å². The quantitative estimate of drug-likeness (QED) is 0.762. The van der Waals surface area contributed by atoms with Crippen LogP contribution < -0.4 is 4.74 Å². The molecule has 0 N–H and O–H groups in total. The van der Waals surface area contributed by atoms with Crippen molar-refractivity contribution in [1.29, 1.82) is 0 Å². The third kappa shape index (κ3) is 4.63. The summed E-state index contributed by atoms with van der Waals surface area (Å²) in [6.45, 7) is 2.54. The number of esters is 1. The van der Waals surface area contributed by atoms with E-state index >= 15 is 0 Å². The number of para-hydroxylation sites is 1. The van der Waals surface area contributed by atoms with Crippen molar-refractivity contribution in [2.24, 2.45) is 0 Å². The summed E-state index contributed by atoms with van der Waals surface area (Å²) >= 11 is 0. The van der Waals surface area contributed by atoms with Crippen LogP contribution in [0.3, 0.4) is 0 Å². The first-order valence-corrected chi connectivity index (χ1v) is 8.93. The van der Waals surface area contributed by atoms with Gasteiger partial charge in [0.2, 0.25) is 0 Å². The summed E-state index contributed by atoms with van der Waals surface area (Å²) in [6.07, 6.45) is 3.14. The molecule has 2 aromatic carbocycles. The summed E-state index contributed by atoms with van der Waals surface area (Å²) < 4.78 is 10.9. The zero-order valence-corrected chi connectivity index (χ0v) is 14.9. The van der Waals surface area contributed by atoms with E-state index in [2.05, 4.69) is 0 Å². The number of likely N-dealkylation sites (tertiary alicyclic amines) is 1. The van der Waals surface area contributed by atoms with Crippen LogP contribution in [0, 0.1) is 0 Å². The van der Waals surface area contributed by atoms with Crippen molar-refractivity contribution in [3.63, 3.8) is 0 Å². The van der Waals surface area contributed by atoms with Crippen LogP contribution in [0.25, 0.3) is 0 Å². The van der Waals surface area contributed by atoms with Gasteiger partial charge in [-0.25, -0.2) is 4.79 Å². The van der Waals surface area contributed by atoms with E-state index in [1.165, 1.54) is 0 Å². The van der Waals surface area contributed by atoms with Gasteiger partial charge in [0.25, 0.3) is 5.91 Å². The molecule has 1 aliphatic rings. The minimum absolute atomic E-state index is 0.137. The van der Waals surface area contributed by atoms with Crippen LogP contribution in [0.4, 0.5) is 0 Å². The second-order valence-electron chi connectivity index (χ2n) is 6.45. The Bertz CT molecular complexity index is 760. The molecular weight excluding hydrogens is 330 g/mol. The van der Waals surface area contributed by atoms with Crippen molar-refractivity contribution in [3.05, 3.63) is 60.2 Å². The summed E-state index contributed by atoms with van der Waals surface area (Å²) in [4.78, 5) is 26.3. The Morgan fingerprint density at radius 2 is 1.81 bits per heavy atom. The highest BCUT2D eigenvalue weighted by atomic mass is 16.5. The van der Waals surface area contributed by atoms with Crippen molar-refractivity contribution in [2.75, 3.05) is 13.2 Å². The Labute approximate surface area is 153 Å². The fourth-order valence-electron chi connectivity index (χ4n) is 3.07. The zero-order chi connectivity index (χ0) is 18.4. The fraction of sp³-hybridized carbons (Fsp3) is 0.333. The lowest BCUT2D eigenvalue weighted by molar-refractivity contribution is -0.137. The second-order valence-corrected chi connectivity index (χ2v) is 6.45. The summed E-state index contributed by atoms with van der Waals surface area (Å²) in [7, 11) is 0. The van der Waals surface area contributed by atoms with E-state index in [0.29, 0.717) is 17.1 Å². The number of hydrogen-bond donors (Lipinski definition) is 0. The van der Waals surface area contributed by atoms with Gasteiger partial charge in [-0.15, -0.1) is 0 Å². The maximum Gasteiger partial charge on any atom is 0.338 e. The molecule has 1 aliphatic heterocycles. The summed E-state index contributed by atoms with van der Waals surface area (Å²) in [5, 5.41) is 0. The SMILES string of the molecule is C[C@@H]1CCCCN1C(=O)COC(=O)c1cccc(Oc2ccccc2)c1. The van der Waals surface area contributed by atoms with Crippen molar-refractivity contribution in [2.45, 2.75) is 32.2 Å². The molecule has 0 saturated carbocycles. The lowest BCUT2D eigenvalue weighted by Crippen LogP contribution is -2.44. The van der Waals surface area contributed by atoms with Crippen molar-refractivity contribution in [3.8, 4) is 11.5 Å². The molecule has 0 bridgehead atoms. The van der Waals surface area contributed by atoms with Crippen molar-refractivity contribution >= 4 is 11.9 Å². The maximum atomic E-state index is 12.3. The first-order chi connectivity index (χ1) is 12.6. The number of hydrogen-bond acceptors (Lipinski definition) is 4. The van der Waals surface area contributed by atoms with Gasteiger partial charge in [-0.05, 0) is 56.5 Å². The minimum atomic E-state index is -0.526. The Kier molecular flexibility index (Phi) is 5.89. The van der Waals surface area contributed by atoms with E-state index in [1.807, 2.05) is 37.3 Å². The third-order valence-corrected chi connectivity index (χ3v) is 4.50. The molecule has 0 unspecified atom stereocenters. The molecule has 0 aromatic heterocycles. The minimum Gasteiger partial charge on any atom is -0.457 e. The second kappa shape index (κ2) is 8.52. The number of rotatable bonds is 5. The average Bonchev–Trinajstić information content (AvgIpc) is 2.67. The van der Waals surface area contributed by atoms with E-state index in [1.54, 1.807) is 29.2 Å². The lowest BCUT2D eigenvalue weighted by Gasteiger charge is -2.33. The summed E-state index contributed by atoms with van der Waals surface area (Å²) in [5.74, 6) is 0.567. The molecule has 1 saturated heterocycles. The molecule has 26 heavy (non-hydrogen) atoms. The maximum absolute atomic E-state index is 12.3. The molecule has 136 valence electrons. The highest BCUT2D eigenvalue weighted by molar-refractivity contribution is 5.91. The van der Waals surface area contributed by atoms with Gasteiger partial charge in [-0.3, -0.25) is 4.79 Å². The predicted octanol–water partition coefficient (Wildman–Crippen LogP) is 4.04. The molecule has 2 aromatic rings.